The zero-order chi connectivity index (χ0) is 16.6. The summed E-state index contributed by atoms with van der Waals surface area (Å²) in [7, 11) is 1.90. The molecule has 0 bridgehead atoms. The predicted octanol–water partition coefficient (Wildman–Crippen LogP) is 3.48. The van der Waals surface area contributed by atoms with Crippen LogP contribution in [0.4, 0.5) is 0 Å². The van der Waals surface area contributed by atoms with E-state index in [2.05, 4.69) is 16.9 Å². The normalized spacial score (nSPS) is 20.9. The largest absolute Gasteiger partial charge is 0.477 e. The van der Waals surface area contributed by atoms with Gasteiger partial charge in [-0.25, -0.2) is 0 Å². The summed E-state index contributed by atoms with van der Waals surface area (Å²) in [5.41, 5.74) is 7.14. The van der Waals surface area contributed by atoms with Gasteiger partial charge in [-0.15, -0.1) is 0 Å². The van der Waals surface area contributed by atoms with Crippen molar-refractivity contribution in [1.29, 1.82) is 0 Å². The third-order valence-corrected chi connectivity index (χ3v) is 4.72. The Morgan fingerprint density at radius 3 is 2.75 bits per heavy atom. The monoisotopic (exact) mass is 342 g/mol. The van der Waals surface area contributed by atoms with Crippen LogP contribution in [0.5, 0.6) is 5.75 Å². The van der Waals surface area contributed by atoms with Crippen LogP contribution in [-0.4, -0.2) is 20.2 Å². The highest BCUT2D eigenvalue weighted by molar-refractivity contribution is 6.30. The molecule has 2 aromatic carbocycles. The smallest absolute Gasteiger partial charge is 0.162 e. The van der Waals surface area contributed by atoms with Crippen molar-refractivity contribution in [3.63, 3.8) is 0 Å². The molecule has 1 heterocycles. The highest BCUT2D eigenvalue weighted by atomic mass is 35.5. The van der Waals surface area contributed by atoms with Crippen molar-refractivity contribution in [1.82, 2.24) is 10.8 Å². The molecule has 4 rings (SSSR count). The number of hydrogen-bond acceptors (Lipinski definition) is 4. The van der Waals surface area contributed by atoms with E-state index in [1.165, 1.54) is 5.57 Å². The number of rotatable bonds is 6. The van der Waals surface area contributed by atoms with Gasteiger partial charge >= 0.3 is 0 Å². The van der Waals surface area contributed by atoms with Gasteiger partial charge in [0, 0.05) is 34.7 Å². The number of nitrogens with one attached hydrogen (secondary N) is 2. The minimum atomic E-state index is -0.395. The van der Waals surface area contributed by atoms with Crippen molar-refractivity contribution in [2.45, 2.75) is 12.0 Å². The summed E-state index contributed by atoms with van der Waals surface area (Å²) in [5.74, 6) is 0.869. The number of benzene rings is 2. The molecule has 0 amide bonds. The summed E-state index contributed by atoms with van der Waals surface area (Å²) in [6.07, 6.45) is 0.848. The van der Waals surface area contributed by atoms with Crippen molar-refractivity contribution < 1.29 is 9.57 Å². The molecule has 0 spiro atoms. The zero-order valence-corrected chi connectivity index (χ0v) is 14.2. The lowest BCUT2D eigenvalue weighted by atomic mass is 10.0. The summed E-state index contributed by atoms with van der Waals surface area (Å²) >= 11 is 6.03. The van der Waals surface area contributed by atoms with Crippen LogP contribution in [0, 0.1) is 0 Å². The third-order valence-electron chi connectivity index (χ3n) is 4.47. The van der Waals surface area contributed by atoms with Gasteiger partial charge in [0.1, 0.15) is 5.75 Å². The summed E-state index contributed by atoms with van der Waals surface area (Å²) < 4.78 is 6.37. The molecule has 24 heavy (non-hydrogen) atoms. The first-order chi connectivity index (χ1) is 11.7. The molecule has 2 aromatic rings. The van der Waals surface area contributed by atoms with Crippen LogP contribution in [0.25, 0.3) is 5.70 Å². The average Bonchev–Trinajstić information content (AvgIpc) is 3.33. The Hall–Kier alpha value is -2.01. The van der Waals surface area contributed by atoms with Crippen molar-refractivity contribution in [3.8, 4) is 5.75 Å². The quantitative estimate of drug-likeness (QED) is 0.623. The lowest BCUT2D eigenvalue weighted by Crippen LogP contribution is -2.26. The summed E-state index contributed by atoms with van der Waals surface area (Å²) in [5, 5.41) is 3.79. The molecule has 2 N–H and O–H groups in total. The van der Waals surface area contributed by atoms with Gasteiger partial charge in [-0.3, -0.25) is 10.3 Å². The lowest BCUT2D eigenvalue weighted by Gasteiger charge is -2.26. The molecule has 0 aromatic heterocycles. The van der Waals surface area contributed by atoms with Crippen LogP contribution in [-0.2, 0) is 10.4 Å². The van der Waals surface area contributed by atoms with Crippen molar-refractivity contribution >= 4 is 17.3 Å². The molecule has 0 radical (unpaired) electrons. The lowest BCUT2D eigenvalue weighted by molar-refractivity contribution is 0.0794. The molecule has 2 aliphatic rings. The Morgan fingerprint density at radius 1 is 1.17 bits per heavy atom. The Balaban J connectivity index is 1.68. The molecule has 124 valence electrons. The number of likely N-dealkylation sites (N-methyl/N-ethyl adjacent to an activating group) is 1. The van der Waals surface area contributed by atoms with E-state index < -0.39 is 5.60 Å². The molecular weight excluding hydrogens is 324 g/mol. The minimum Gasteiger partial charge on any atom is -0.477 e. The second-order valence-corrected chi connectivity index (χ2v) is 6.45. The van der Waals surface area contributed by atoms with E-state index in [4.69, 9.17) is 21.2 Å². The predicted molar refractivity (Wildman–Crippen MR) is 94.8 cm³/mol. The van der Waals surface area contributed by atoms with Crippen LogP contribution in [0.3, 0.4) is 0 Å². The Kier molecular flexibility index (Phi) is 3.96. The van der Waals surface area contributed by atoms with E-state index in [1.54, 1.807) is 0 Å². The second kappa shape index (κ2) is 6.13. The van der Waals surface area contributed by atoms with Gasteiger partial charge in [-0.2, -0.15) is 0 Å². The molecule has 1 saturated carbocycles. The minimum absolute atomic E-state index is 0.395. The SMILES string of the molecule is CNCCONC1=C2CC2(c2ccc(Cl)cc2)Oc2ccccc21. The first-order valence-electron chi connectivity index (χ1n) is 8.05. The topological polar surface area (TPSA) is 42.5 Å². The second-order valence-electron chi connectivity index (χ2n) is 6.02. The number of fused-ring (bicyclic) bond motifs is 2. The van der Waals surface area contributed by atoms with Gasteiger partial charge in [0.05, 0.1) is 12.3 Å². The molecule has 5 heteroatoms. The number of ether oxygens (including phenoxy) is 1. The maximum absolute atomic E-state index is 6.37. The standard InChI is InChI=1S/C19H19ClN2O2/c1-21-10-11-23-22-18-15-4-2-3-5-17(15)24-19(12-16(18)19)13-6-8-14(20)9-7-13/h2-9,21-22H,10-12H2,1H3. The first kappa shape index (κ1) is 15.5. The average molecular weight is 343 g/mol. The molecule has 1 atom stereocenters. The number of hydrogen-bond donors (Lipinski definition) is 2. The van der Waals surface area contributed by atoms with Crippen LogP contribution in [0.15, 0.2) is 54.1 Å². The van der Waals surface area contributed by atoms with Gasteiger partial charge in [-0.05, 0) is 31.3 Å². The van der Waals surface area contributed by atoms with Crippen LogP contribution in [0.1, 0.15) is 17.5 Å². The van der Waals surface area contributed by atoms with E-state index in [-0.39, 0.29) is 0 Å². The molecule has 1 aliphatic carbocycles. The highest BCUT2D eigenvalue weighted by Gasteiger charge is 2.58. The van der Waals surface area contributed by atoms with E-state index in [0.717, 1.165) is 40.6 Å². The van der Waals surface area contributed by atoms with Crippen molar-refractivity contribution in [2.24, 2.45) is 0 Å². The van der Waals surface area contributed by atoms with E-state index in [1.807, 2.05) is 49.5 Å². The molecule has 1 fully saturated rings. The van der Waals surface area contributed by atoms with Crippen molar-refractivity contribution in [3.05, 3.63) is 70.3 Å². The summed E-state index contributed by atoms with van der Waals surface area (Å²) in [6.45, 7) is 1.38. The fourth-order valence-electron chi connectivity index (χ4n) is 3.15. The Labute approximate surface area is 146 Å². The van der Waals surface area contributed by atoms with Crippen molar-refractivity contribution in [2.75, 3.05) is 20.2 Å². The maximum atomic E-state index is 6.37. The molecule has 1 unspecified atom stereocenters. The molecule has 4 nitrogen and oxygen atoms in total. The Morgan fingerprint density at radius 2 is 1.96 bits per heavy atom. The van der Waals surface area contributed by atoms with Crippen LogP contribution in [0.2, 0.25) is 5.02 Å². The zero-order valence-electron chi connectivity index (χ0n) is 13.4. The number of halogens is 1. The van der Waals surface area contributed by atoms with E-state index in [9.17, 15) is 0 Å². The van der Waals surface area contributed by atoms with Crippen LogP contribution < -0.4 is 15.5 Å². The van der Waals surface area contributed by atoms with Gasteiger partial charge in [-0.1, -0.05) is 35.9 Å². The van der Waals surface area contributed by atoms with E-state index >= 15 is 0 Å². The molecular formula is C19H19ClN2O2. The van der Waals surface area contributed by atoms with E-state index in [0.29, 0.717) is 6.61 Å². The molecule has 0 saturated heterocycles. The molecule has 1 aliphatic heterocycles. The fraction of sp³-hybridized carbons (Fsp3) is 0.263. The summed E-state index contributed by atoms with van der Waals surface area (Å²) in [6, 6.07) is 15.9. The summed E-state index contributed by atoms with van der Waals surface area (Å²) in [4.78, 5) is 5.62. The van der Waals surface area contributed by atoms with Gasteiger partial charge in [0.2, 0.25) is 0 Å². The highest BCUT2D eigenvalue weighted by Crippen LogP contribution is 2.61. The fourth-order valence-corrected chi connectivity index (χ4v) is 3.28. The maximum Gasteiger partial charge on any atom is 0.162 e. The number of hydroxylamine groups is 1. The Bertz CT molecular complexity index is 788. The number of para-hydroxylation sites is 1. The first-order valence-corrected chi connectivity index (χ1v) is 8.43. The van der Waals surface area contributed by atoms with Gasteiger partial charge in [0.15, 0.2) is 5.60 Å². The van der Waals surface area contributed by atoms with Gasteiger partial charge < -0.3 is 10.1 Å². The third kappa shape index (κ3) is 2.57. The van der Waals surface area contributed by atoms with Gasteiger partial charge in [0.25, 0.3) is 0 Å². The van der Waals surface area contributed by atoms with Crippen LogP contribution >= 0.6 is 11.6 Å².